The molecule has 2 aromatic carbocycles. The molecule has 0 aliphatic carbocycles. The number of aromatic nitrogens is 1. The van der Waals surface area contributed by atoms with Gasteiger partial charge in [-0.05, 0) is 60.5 Å². The van der Waals surface area contributed by atoms with E-state index in [1.165, 1.54) is 7.05 Å². The van der Waals surface area contributed by atoms with Gasteiger partial charge in [0.2, 0.25) is 0 Å². The number of hydrogen-bond donors (Lipinski definition) is 3. The fourth-order valence-corrected chi connectivity index (χ4v) is 3.70. The third-order valence-electron chi connectivity index (χ3n) is 5.28. The van der Waals surface area contributed by atoms with Gasteiger partial charge < -0.3 is 20.9 Å². The first-order chi connectivity index (χ1) is 16.2. The summed E-state index contributed by atoms with van der Waals surface area (Å²) in [5, 5.41) is 7.39. The van der Waals surface area contributed by atoms with E-state index in [4.69, 9.17) is 0 Å². The lowest BCUT2D eigenvalue weighted by Crippen LogP contribution is -2.20. The molecule has 2 heterocycles. The second kappa shape index (κ2) is 9.00. The highest BCUT2D eigenvalue weighted by atomic mass is 19.4. The summed E-state index contributed by atoms with van der Waals surface area (Å²) < 4.78 is 52.1. The number of carbonyl (C=O) groups is 2. The van der Waals surface area contributed by atoms with E-state index in [1.807, 2.05) is 4.90 Å². The fourth-order valence-electron chi connectivity index (χ4n) is 3.70. The number of anilines is 4. The molecular formula is C23H19F4N5O2. The Hall–Kier alpha value is -4.15. The summed E-state index contributed by atoms with van der Waals surface area (Å²) in [6.07, 6.45) is -2.64. The molecule has 0 radical (unpaired) electrons. The van der Waals surface area contributed by atoms with Crippen LogP contribution in [0.1, 0.15) is 21.6 Å². The highest BCUT2D eigenvalue weighted by Crippen LogP contribution is 2.36. The molecule has 11 heteroatoms. The molecule has 34 heavy (non-hydrogen) atoms. The van der Waals surface area contributed by atoms with Crippen molar-refractivity contribution in [2.75, 3.05) is 29.1 Å². The van der Waals surface area contributed by atoms with Gasteiger partial charge in [0.05, 0.1) is 5.56 Å². The van der Waals surface area contributed by atoms with E-state index in [0.717, 1.165) is 23.0 Å². The standard InChI is InChI=1S/C23H19F4N5O2/c1-28-21(33)19-12-16(6-8-29-19)32-9-7-13-10-14(3-5-20(13)32)30-22(34)31-15-2-4-18(24)17(11-15)23(25,26)27/h2-6,8,10-12H,7,9H2,1H3,(H,28,33)(H2,30,31,34). The van der Waals surface area contributed by atoms with E-state index < -0.39 is 23.6 Å². The molecule has 1 aromatic heterocycles. The van der Waals surface area contributed by atoms with Gasteiger partial charge in [-0.15, -0.1) is 0 Å². The summed E-state index contributed by atoms with van der Waals surface area (Å²) in [7, 11) is 1.53. The van der Waals surface area contributed by atoms with Crippen LogP contribution in [-0.4, -0.2) is 30.5 Å². The van der Waals surface area contributed by atoms with Crippen molar-refractivity contribution in [1.29, 1.82) is 0 Å². The van der Waals surface area contributed by atoms with Crippen molar-refractivity contribution in [3.05, 3.63) is 77.4 Å². The van der Waals surface area contributed by atoms with Gasteiger partial charge in [-0.1, -0.05) is 0 Å². The highest BCUT2D eigenvalue weighted by Gasteiger charge is 2.34. The number of rotatable bonds is 4. The Morgan fingerprint density at radius 3 is 2.41 bits per heavy atom. The number of urea groups is 1. The minimum absolute atomic E-state index is 0.192. The van der Waals surface area contributed by atoms with E-state index in [0.29, 0.717) is 30.8 Å². The Bertz CT molecular complexity index is 1260. The molecule has 0 saturated carbocycles. The van der Waals surface area contributed by atoms with Crippen molar-refractivity contribution in [2.45, 2.75) is 12.6 Å². The van der Waals surface area contributed by atoms with Crippen molar-refractivity contribution >= 4 is 34.7 Å². The maximum atomic E-state index is 13.4. The van der Waals surface area contributed by atoms with Crippen LogP contribution in [0.5, 0.6) is 0 Å². The average Bonchev–Trinajstić information content (AvgIpc) is 3.22. The van der Waals surface area contributed by atoms with E-state index in [-0.39, 0.29) is 17.3 Å². The zero-order valence-electron chi connectivity index (χ0n) is 17.8. The molecule has 0 spiro atoms. The fraction of sp³-hybridized carbons (Fsp3) is 0.174. The molecule has 0 saturated heterocycles. The second-order valence-electron chi connectivity index (χ2n) is 7.50. The normalized spacial score (nSPS) is 12.8. The van der Waals surface area contributed by atoms with Crippen LogP contribution in [0.15, 0.2) is 54.7 Å². The predicted octanol–water partition coefficient (Wildman–Crippen LogP) is 4.94. The number of amides is 3. The number of alkyl halides is 3. The smallest absolute Gasteiger partial charge is 0.354 e. The van der Waals surface area contributed by atoms with E-state index in [1.54, 1.807) is 36.5 Å². The Kier molecular flexibility index (Phi) is 6.10. The summed E-state index contributed by atoms with van der Waals surface area (Å²) >= 11 is 0. The lowest BCUT2D eigenvalue weighted by Gasteiger charge is -2.20. The number of carbonyl (C=O) groups excluding carboxylic acids is 2. The molecule has 176 valence electrons. The average molecular weight is 473 g/mol. The number of fused-ring (bicyclic) bond motifs is 1. The number of hydrogen-bond acceptors (Lipinski definition) is 4. The van der Waals surface area contributed by atoms with Crippen LogP contribution in [-0.2, 0) is 12.6 Å². The van der Waals surface area contributed by atoms with Crippen molar-refractivity contribution < 1.29 is 27.2 Å². The molecule has 0 atom stereocenters. The molecule has 0 unspecified atom stereocenters. The van der Waals surface area contributed by atoms with Gasteiger partial charge >= 0.3 is 12.2 Å². The SMILES string of the molecule is CNC(=O)c1cc(N2CCc3cc(NC(=O)Nc4ccc(F)c(C(F)(F)F)c4)ccc32)ccn1. The summed E-state index contributed by atoms with van der Waals surface area (Å²) in [4.78, 5) is 30.3. The van der Waals surface area contributed by atoms with Crippen LogP contribution in [0.4, 0.5) is 45.1 Å². The zero-order chi connectivity index (χ0) is 24.5. The summed E-state index contributed by atoms with van der Waals surface area (Å²) in [5.41, 5.74) is 1.71. The van der Waals surface area contributed by atoms with Gasteiger partial charge in [-0.3, -0.25) is 9.78 Å². The van der Waals surface area contributed by atoms with E-state index in [2.05, 4.69) is 20.9 Å². The first-order valence-electron chi connectivity index (χ1n) is 10.2. The Morgan fingerprint density at radius 1 is 1.00 bits per heavy atom. The summed E-state index contributed by atoms with van der Waals surface area (Å²) in [5.74, 6) is -1.71. The molecule has 3 N–H and O–H groups in total. The van der Waals surface area contributed by atoms with Crippen LogP contribution in [0, 0.1) is 5.82 Å². The molecule has 4 rings (SSSR count). The van der Waals surface area contributed by atoms with Crippen LogP contribution >= 0.6 is 0 Å². The maximum Gasteiger partial charge on any atom is 0.419 e. The lowest BCUT2D eigenvalue weighted by molar-refractivity contribution is -0.139. The van der Waals surface area contributed by atoms with Gasteiger partial charge in [0.15, 0.2) is 0 Å². The topological polar surface area (TPSA) is 86.4 Å². The van der Waals surface area contributed by atoms with E-state index >= 15 is 0 Å². The van der Waals surface area contributed by atoms with E-state index in [9.17, 15) is 27.2 Å². The van der Waals surface area contributed by atoms with Gasteiger partial charge in [0, 0.05) is 42.5 Å². The molecular weight excluding hydrogens is 454 g/mol. The second-order valence-corrected chi connectivity index (χ2v) is 7.50. The van der Waals surface area contributed by atoms with Crippen molar-refractivity contribution in [3.63, 3.8) is 0 Å². The first-order valence-corrected chi connectivity index (χ1v) is 10.2. The molecule has 7 nitrogen and oxygen atoms in total. The van der Waals surface area contributed by atoms with Crippen molar-refractivity contribution in [1.82, 2.24) is 10.3 Å². The number of pyridine rings is 1. The number of halogens is 4. The molecule has 1 aliphatic rings. The molecule has 0 bridgehead atoms. The Morgan fingerprint density at radius 2 is 1.71 bits per heavy atom. The minimum atomic E-state index is -4.87. The Balaban J connectivity index is 1.47. The molecule has 3 aromatic rings. The van der Waals surface area contributed by atoms with Crippen LogP contribution in [0.25, 0.3) is 0 Å². The first kappa shape index (κ1) is 23.0. The monoisotopic (exact) mass is 473 g/mol. The number of nitrogens with one attached hydrogen (secondary N) is 3. The summed E-state index contributed by atoms with van der Waals surface area (Å²) in [6.45, 7) is 0.651. The third-order valence-corrected chi connectivity index (χ3v) is 5.28. The van der Waals surface area contributed by atoms with Crippen LogP contribution in [0.2, 0.25) is 0 Å². The largest absolute Gasteiger partial charge is 0.419 e. The van der Waals surface area contributed by atoms with Gasteiger partial charge in [-0.25, -0.2) is 9.18 Å². The number of benzene rings is 2. The quantitative estimate of drug-likeness (QED) is 0.469. The number of nitrogens with zero attached hydrogens (tertiary/aromatic N) is 2. The Labute approximate surface area is 191 Å². The minimum Gasteiger partial charge on any atom is -0.354 e. The maximum absolute atomic E-state index is 13.4. The predicted molar refractivity (Wildman–Crippen MR) is 119 cm³/mol. The molecule has 1 aliphatic heterocycles. The summed E-state index contributed by atoms with van der Waals surface area (Å²) in [6, 6.07) is 10.2. The van der Waals surface area contributed by atoms with Gasteiger partial charge in [0.1, 0.15) is 11.5 Å². The molecule has 0 fully saturated rings. The third kappa shape index (κ3) is 4.77. The van der Waals surface area contributed by atoms with Crippen LogP contribution in [0.3, 0.4) is 0 Å². The van der Waals surface area contributed by atoms with Gasteiger partial charge in [-0.2, -0.15) is 13.2 Å². The lowest BCUT2D eigenvalue weighted by atomic mass is 10.1. The van der Waals surface area contributed by atoms with Crippen LogP contribution < -0.4 is 20.9 Å². The van der Waals surface area contributed by atoms with Crippen molar-refractivity contribution in [2.24, 2.45) is 0 Å². The highest BCUT2D eigenvalue weighted by molar-refractivity contribution is 6.00. The zero-order valence-corrected chi connectivity index (χ0v) is 17.8. The molecule has 3 amide bonds. The van der Waals surface area contributed by atoms with Crippen molar-refractivity contribution in [3.8, 4) is 0 Å². The van der Waals surface area contributed by atoms with Gasteiger partial charge in [0.25, 0.3) is 5.91 Å².